The summed E-state index contributed by atoms with van der Waals surface area (Å²) in [5, 5.41) is 13.6. The zero-order chi connectivity index (χ0) is 15.0. The Morgan fingerprint density at radius 3 is 2.60 bits per heavy atom. The van der Waals surface area contributed by atoms with Crippen LogP contribution < -0.4 is 10.6 Å². The normalized spacial score (nSPS) is 11.4. The van der Waals surface area contributed by atoms with Crippen molar-refractivity contribution in [2.45, 2.75) is 32.4 Å². The molecule has 0 aromatic carbocycles. The summed E-state index contributed by atoms with van der Waals surface area (Å²) in [4.78, 5) is 37.3. The average Bonchev–Trinajstić information content (AvgIpc) is 2.43. The van der Waals surface area contributed by atoms with Gasteiger partial charge in [0.2, 0.25) is 11.8 Å². The van der Waals surface area contributed by atoms with Gasteiger partial charge in [-0.2, -0.15) is 0 Å². The molecule has 2 amide bonds. The Labute approximate surface area is 116 Å². The summed E-state index contributed by atoms with van der Waals surface area (Å²) in [7, 11) is 0. The number of aliphatic carboxylic acids is 1. The van der Waals surface area contributed by atoms with Gasteiger partial charge in [0.25, 0.3) is 0 Å². The number of carbonyl (C=O) groups excluding carboxylic acids is 2. The second kappa shape index (κ2) is 7.88. The lowest BCUT2D eigenvalue weighted by molar-refractivity contribution is -0.141. The molecular weight excluding hydrogens is 262 g/mol. The molecule has 0 fully saturated rings. The molecule has 1 aromatic heterocycles. The number of hydrogen-bond acceptors (Lipinski definition) is 4. The first kappa shape index (κ1) is 15.6. The highest BCUT2D eigenvalue weighted by Crippen LogP contribution is 1.96. The van der Waals surface area contributed by atoms with Gasteiger partial charge in [0, 0.05) is 31.8 Å². The molecule has 1 atom stereocenters. The largest absolute Gasteiger partial charge is 0.480 e. The molecule has 1 aromatic rings. The van der Waals surface area contributed by atoms with Crippen molar-refractivity contribution in [1.82, 2.24) is 15.6 Å². The minimum atomic E-state index is -1.11. The number of carboxylic acids is 1. The lowest BCUT2D eigenvalue weighted by Gasteiger charge is -2.09. The van der Waals surface area contributed by atoms with Crippen LogP contribution in [0.25, 0.3) is 0 Å². The summed E-state index contributed by atoms with van der Waals surface area (Å²) < 4.78 is 0. The van der Waals surface area contributed by atoms with E-state index < -0.39 is 17.9 Å². The molecule has 7 heteroatoms. The molecule has 0 aliphatic heterocycles. The van der Waals surface area contributed by atoms with Gasteiger partial charge in [-0.05, 0) is 18.6 Å². The van der Waals surface area contributed by atoms with E-state index in [1.165, 1.54) is 6.92 Å². The topological polar surface area (TPSA) is 108 Å². The van der Waals surface area contributed by atoms with E-state index in [1.807, 2.05) is 6.07 Å². The number of hydrogen-bond donors (Lipinski definition) is 3. The van der Waals surface area contributed by atoms with Gasteiger partial charge in [-0.3, -0.25) is 19.4 Å². The summed E-state index contributed by atoms with van der Waals surface area (Å²) in [6, 6.07) is 2.64. The average molecular weight is 279 g/mol. The Kier molecular flexibility index (Phi) is 6.15. The fraction of sp³-hybridized carbons (Fsp3) is 0.385. The monoisotopic (exact) mass is 279 g/mol. The van der Waals surface area contributed by atoms with Crippen LogP contribution in [0.15, 0.2) is 24.5 Å². The highest BCUT2D eigenvalue weighted by molar-refractivity contribution is 5.86. The second-order valence-corrected chi connectivity index (χ2v) is 4.27. The Balaban J connectivity index is 2.23. The van der Waals surface area contributed by atoms with Crippen molar-refractivity contribution in [1.29, 1.82) is 0 Å². The van der Waals surface area contributed by atoms with Crippen LogP contribution in [0.5, 0.6) is 0 Å². The third kappa shape index (κ3) is 5.94. The molecular formula is C13H17N3O4. The van der Waals surface area contributed by atoms with Crippen molar-refractivity contribution in [3.05, 3.63) is 30.1 Å². The van der Waals surface area contributed by atoms with Gasteiger partial charge in [0.05, 0.1) is 0 Å². The van der Waals surface area contributed by atoms with E-state index in [0.29, 0.717) is 6.54 Å². The molecule has 0 spiro atoms. The first-order chi connectivity index (χ1) is 9.49. The predicted molar refractivity (Wildman–Crippen MR) is 70.6 cm³/mol. The van der Waals surface area contributed by atoms with Crippen LogP contribution in [0.1, 0.15) is 25.3 Å². The molecule has 0 aliphatic carbocycles. The lowest BCUT2D eigenvalue weighted by Crippen LogP contribution is -2.38. The minimum absolute atomic E-state index is 0.0123. The molecule has 1 rings (SSSR count). The summed E-state index contributed by atoms with van der Waals surface area (Å²) in [5.41, 5.74) is 0.866. The van der Waals surface area contributed by atoms with Gasteiger partial charge in [-0.15, -0.1) is 0 Å². The van der Waals surface area contributed by atoms with Crippen molar-refractivity contribution in [2.24, 2.45) is 0 Å². The Morgan fingerprint density at radius 1 is 1.30 bits per heavy atom. The molecule has 0 aliphatic rings. The third-order valence-electron chi connectivity index (χ3n) is 2.54. The maximum Gasteiger partial charge on any atom is 0.325 e. The van der Waals surface area contributed by atoms with E-state index in [1.54, 1.807) is 18.5 Å². The smallest absolute Gasteiger partial charge is 0.325 e. The van der Waals surface area contributed by atoms with Crippen molar-refractivity contribution < 1.29 is 19.5 Å². The van der Waals surface area contributed by atoms with Crippen LogP contribution in [0.3, 0.4) is 0 Å². The van der Waals surface area contributed by atoms with E-state index >= 15 is 0 Å². The Morgan fingerprint density at radius 2 is 2.00 bits per heavy atom. The predicted octanol–water partition coefficient (Wildman–Crippen LogP) is 0.0673. The fourth-order valence-electron chi connectivity index (χ4n) is 1.39. The summed E-state index contributed by atoms with van der Waals surface area (Å²) in [6.07, 6.45) is 3.25. The van der Waals surface area contributed by atoms with Gasteiger partial charge >= 0.3 is 5.97 Å². The fourth-order valence-corrected chi connectivity index (χ4v) is 1.39. The van der Waals surface area contributed by atoms with E-state index in [4.69, 9.17) is 5.11 Å². The molecule has 1 unspecified atom stereocenters. The Bertz CT molecular complexity index is 476. The first-order valence-electron chi connectivity index (χ1n) is 6.17. The Hall–Kier alpha value is -2.44. The van der Waals surface area contributed by atoms with Crippen LogP contribution in [-0.2, 0) is 20.9 Å². The maximum atomic E-state index is 11.5. The highest BCUT2D eigenvalue weighted by atomic mass is 16.4. The number of amides is 2. The zero-order valence-electron chi connectivity index (χ0n) is 11.1. The molecule has 20 heavy (non-hydrogen) atoms. The van der Waals surface area contributed by atoms with Gasteiger partial charge in [0.1, 0.15) is 6.04 Å². The van der Waals surface area contributed by atoms with Crippen molar-refractivity contribution in [3.8, 4) is 0 Å². The molecule has 0 radical (unpaired) electrons. The first-order valence-corrected chi connectivity index (χ1v) is 6.17. The van der Waals surface area contributed by atoms with Crippen LogP contribution >= 0.6 is 0 Å². The molecule has 0 saturated carbocycles. The third-order valence-corrected chi connectivity index (χ3v) is 2.54. The van der Waals surface area contributed by atoms with Crippen molar-refractivity contribution in [3.63, 3.8) is 0 Å². The van der Waals surface area contributed by atoms with Crippen LogP contribution in [0.4, 0.5) is 0 Å². The standard InChI is InChI=1S/C13H17N3O4/c1-9(13(19)20)16-12(18)5-4-11(17)15-8-10-3-2-6-14-7-10/h2-3,6-7,9H,4-5,8H2,1H3,(H,15,17)(H,16,18)(H,19,20). The molecule has 1 heterocycles. The second-order valence-electron chi connectivity index (χ2n) is 4.27. The summed E-state index contributed by atoms with van der Waals surface area (Å²) >= 11 is 0. The number of pyridine rings is 1. The maximum absolute atomic E-state index is 11.5. The van der Waals surface area contributed by atoms with Gasteiger partial charge in [-0.1, -0.05) is 6.07 Å². The van der Waals surface area contributed by atoms with Gasteiger partial charge in [-0.25, -0.2) is 0 Å². The SMILES string of the molecule is CC(NC(=O)CCC(=O)NCc1cccnc1)C(=O)O. The molecule has 0 bridgehead atoms. The number of rotatable bonds is 7. The van der Waals surface area contributed by atoms with E-state index in [2.05, 4.69) is 15.6 Å². The molecule has 3 N–H and O–H groups in total. The van der Waals surface area contributed by atoms with Gasteiger partial charge in [0.15, 0.2) is 0 Å². The van der Waals surface area contributed by atoms with E-state index in [-0.39, 0.29) is 18.7 Å². The van der Waals surface area contributed by atoms with Crippen molar-refractivity contribution in [2.75, 3.05) is 0 Å². The lowest BCUT2D eigenvalue weighted by atomic mass is 10.2. The molecule has 108 valence electrons. The summed E-state index contributed by atoms with van der Waals surface area (Å²) in [5.74, 6) is -1.84. The minimum Gasteiger partial charge on any atom is -0.480 e. The number of carboxylic acid groups (broad SMARTS) is 1. The van der Waals surface area contributed by atoms with E-state index in [0.717, 1.165) is 5.56 Å². The van der Waals surface area contributed by atoms with Crippen LogP contribution in [-0.4, -0.2) is 33.9 Å². The number of carbonyl (C=O) groups is 3. The van der Waals surface area contributed by atoms with Crippen LogP contribution in [0.2, 0.25) is 0 Å². The zero-order valence-corrected chi connectivity index (χ0v) is 11.1. The number of aromatic nitrogens is 1. The van der Waals surface area contributed by atoms with Crippen molar-refractivity contribution >= 4 is 17.8 Å². The van der Waals surface area contributed by atoms with Gasteiger partial charge < -0.3 is 15.7 Å². The number of nitrogens with one attached hydrogen (secondary N) is 2. The van der Waals surface area contributed by atoms with Crippen LogP contribution in [0, 0.1) is 0 Å². The summed E-state index contributed by atoms with van der Waals surface area (Å²) in [6.45, 7) is 1.71. The van der Waals surface area contributed by atoms with E-state index in [9.17, 15) is 14.4 Å². The number of nitrogens with zero attached hydrogens (tertiary/aromatic N) is 1. The highest BCUT2D eigenvalue weighted by Gasteiger charge is 2.14. The molecule has 7 nitrogen and oxygen atoms in total. The quantitative estimate of drug-likeness (QED) is 0.654. The molecule has 0 saturated heterocycles.